The van der Waals surface area contributed by atoms with Gasteiger partial charge in [-0.25, -0.2) is 0 Å². The Morgan fingerprint density at radius 2 is 1.09 bits per heavy atom. The zero-order valence-corrected chi connectivity index (χ0v) is 37.3. The normalized spacial score (nSPS) is 25.9. The van der Waals surface area contributed by atoms with Gasteiger partial charge >= 0.3 is 0 Å². The van der Waals surface area contributed by atoms with E-state index in [4.69, 9.17) is 4.74 Å². The van der Waals surface area contributed by atoms with Gasteiger partial charge in [-0.15, -0.1) is 0 Å². The largest absolute Gasteiger partial charge is 0.489 e. The minimum atomic E-state index is -0.454. The first-order valence-electron chi connectivity index (χ1n) is 24.2. The molecule has 0 bridgehead atoms. The number of allylic oxidation sites excluding steroid dienone is 13. The maximum Gasteiger partial charge on any atom is 0.130 e. The lowest BCUT2D eigenvalue weighted by Crippen LogP contribution is -2.47. The highest BCUT2D eigenvalue weighted by molar-refractivity contribution is 5.96. The fourth-order valence-corrected chi connectivity index (χ4v) is 14.3. The molecule has 0 saturated heterocycles. The van der Waals surface area contributed by atoms with E-state index >= 15 is 0 Å². The molecule has 6 atom stereocenters. The van der Waals surface area contributed by atoms with E-state index < -0.39 is 5.41 Å². The molecule has 6 aromatic rings. The molecule has 1 aliphatic heterocycles. The molecule has 9 aliphatic rings. The Bertz CT molecular complexity index is 3360. The molecule has 0 amide bonds. The summed E-state index contributed by atoms with van der Waals surface area (Å²) in [6, 6.07) is 51.3. The molecule has 8 aliphatic carbocycles. The van der Waals surface area contributed by atoms with Gasteiger partial charge in [0.05, 0.1) is 11.3 Å². The van der Waals surface area contributed by atoms with Gasteiger partial charge < -0.3 is 9.64 Å². The van der Waals surface area contributed by atoms with Crippen molar-refractivity contribution in [3.8, 4) is 33.4 Å². The van der Waals surface area contributed by atoms with Crippen molar-refractivity contribution in [3.05, 3.63) is 262 Å². The molecule has 316 valence electrons. The van der Waals surface area contributed by atoms with E-state index in [1.54, 1.807) is 0 Å². The van der Waals surface area contributed by atoms with Crippen LogP contribution in [0.25, 0.3) is 33.4 Å². The summed E-state index contributed by atoms with van der Waals surface area (Å²) in [4.78, 5) is 2.65. The maximum absolute atomic E-state index is 7.42. The van der Waals surface area contributed by atoms with Gasteiger partial charge in [-0.1, -0.05) is 178 Å². The van der Waals surface area contributed by atoms with E-state index in [2.05, 4.69) is 219 Å². The molecule has 1 saturated carbocycles. The number of nitrogens with zero attached hydrogens (tertiary/aromatic N) is 1. The van der Waals surface area contributed by atoms with Crippen LogP contribution in [0.5, 0.6) is 0 Å². The Morgan fingerprint density at radius 1 is 0.530 bits per heavy atom. The van der Waals surface area contributed by atoms with E-state index in [-0.39, 0.29) is 17.4 Å². The zero-order valence-electron chi connectivity index (χ0n) is 37.3. The molecule has 1 heterocycles. The Kier molecular flexibility index (Phi) is 7.44. The van der Waals surface area contributed by atoms with E-state index in [9.17, 15) is 0 Å². The number of rotatable bonds is 4. The lowest BCUT2D eigenvalue weighted by Gasteiger charge is -2.51. The Morgan fingerprint density at radius 3 is 1.74 bits per heavy atom. The lowest BCUT2D eigenvalue weighted by atomic mass is 9.53. The van der Waals surface area contributed by atoms with Crippen LogP contribution in [0.15, 0.2) is 228 Å². The van der Waals surface area contributed by atoms with Crippen molar-refractivity contribution in [2.45, 2.75) is 43.6 Å². The Labute approximate surface area is 387 Å². The van der Waals surface area contributed by atoms with E-state index in [1.165, 1.54) is 106 Å². The summed E-state index contributed by atoms with van der Waals surface area (Å²) in [6.07, 6.45) is 28.4. The molecule has 0 radical (unpaired) electrons. The second-order valence-corrected chi connectivity index (χ2v) is 20.4. The van der Waals surface area contributed by atoms with Crippen molar-refractivity contribution < 1.29 is 4.74 Å². The van der Waals surface area contributed by atoms with Crippen LogP contribution >= 0.6 is 0 Å². The number of anilines is 2. The first-order chi connectivity index (χ1) is 32.5. The summed E-state index contributed by atoms with van der Waals surface area (Å²) in [7, 11) is 0. The topological polar surface area (TPSA) is 12.5 Å². The smallest absolute Gasteiger partial charge is 0.130 e. The predicted molar refractivity (Wildman–Crippen MR) is 268 cm³/mol. The second kappa shape index (κ2) is 13.2. The third-order valence-corrected chi connectivity index (χ3v) is 17.1. The van der Waals surface area contributed by atoms with Crippen LogP contribution in [0.1, 0.15) is 60.1 Å². The van der Waals surface area contributed by atoms with Crippen molar-refractivity contribution in [2.75, 3.05) is 4.90 Å². The van der Waals surface area contributed by atoms with Crippen LogP contribution in [0.2, 0.25) is 0 Å². The highest BCUT2D eigenvalue weighted by Gasteiger charge is 2.56. The van der Waals surface area contributed by atoms with Crippen LogP contribution in [0, 0.1) is 29.6 Å². The standard InChI is InChI=1S/C64H49NO/c1-63(2)52-24-12-8-19-43(52)47-30-28-40(36-56(47)63)65(41-29-31-48-46-22-11-15-27-55(46)64(57(48)37-41)53-25-13-9-20-44(53)45-21-10-14-26-54(45)64)58-34-39(38-16-4-3-5-17-38)35-59-61(58)51-33-32-50-42-18-6-7-23-49(42)60(50)62(51)66-59/h4,6-37,42,49-50,59-61H,3,5H2,1-2H3/t42?,49?,50-,59?,60?,61?/m0/s1. The van der Waals surface area contributed by atoms with Crippen LogP contribution in [-0.2, 0) is 15.6 Å². The molecule has 6 aromatic carbocycles. The summed E-state index contributed by atoms with van der Waals surface area (Å²) >= 11 is 0. The molecular weight excluding hydrogens is 799 g/mol. The van der Waals surface area contributed by atoms with Gasteiger partial charge in [-0.2, -0.15) is 0 Å². The SMILES string of the molecule is CC1(C)c2ccccc2-c2ccc(N(C3=CC(C4=CCCC=C4)=CC4OC5=C(C=C[C@H]6C7C=CC=CC7C56)C34)c3ccc4c(c3)C3(c5ccccc5-c5ccccc53)c3ccccc3-4)cc21. The van der Waals surface area contributed by atoms with E-state index in [0.717, 1.165) is 12.8 Å². The van der Waals surface area contributed by atoms with Gasteiger partial charge in [-0.3, -0.25) is 0 Å². The van der Waals surface area contributed by atoms with Crippen LogP contribution in [-0.4, -0.2) is 6.10 Å². The van der Waals surface area contributed by atoms with Crippen molar-refractivity contribution in [2.24, 2.45) is 29.6 Å². The highest BCUT2D eigenvalue weighted by Crippen LogP contribution is 2.65. The quantitative estimate of drug-likeness (QED) is 0.175. The average molecular weight is 848 g/mol. The third-order valence-electron chi connectivity index (χ3n) is 17.1. The second-order valence-electron chi connectivity index (χ2n) is 20.4. The Balaban J connectivity index is 0.986. The molecule has 2 heteroatoms. The summed E-state index contributed by atoms with van der Waals surface area (Å²) in [5.41, 5.74) is 23.1. The number of fused-ring (bicyclic) bond motifs is 20. The molecule has 0 aromatic heterocycles. The number of hydrogen-bond acceptors (Lipinski definition) is 2. The third kappa shape index (κ3) is 4.67. The molecular formula is C64H49NO. The minimum Gasteiger partial charge on any atom is -0.489 e. The average Bonchev–Trinajstić information content (AvgIpc) is 4.05. The van der Waals surface area contributed by atoms with Gasteiger partial charge in [-0.05, 0) is 145 Å². The molecule has 2 nitrogen and oxygen atoms in total. The minimum absolute atomic E-state index is 0.0158. The number of benzene rings is 6. The Hall–Kier alpha value is -7.16. The first-order valence-corrected chi connectivity index (χ1v) is 24.2. The monoisotopic (exact) mass is 847 g/mol. The van der Waals surface area contributed by atoms with Gasteiger partial charge in [0.1, 0.15) is 11.9 Å². The van der Waals surface area contributed by atoms with Crippen LogP contribution < -0.4 is 4.90 Å². The summed E-state index contributed by atoms with van der Waals surface area (Å²) in [6.45, 7) is 4.81. The van der Waals surface area contributed by atoms with Gasteiger partial charge in [0, 0.05) is 34.0 Å². The van der Waals surface area contributed by atoms with Crippen LogP contribution in [0.4, 0.5) is 11.4 Å². The zero-order chi connectivity index (χ0) is 43.5. The number of ether oxygens (including phenoxy) is 1. The summed E-state index contributed by atoms with van der Waals surface area (Å²) in [5.74, 6) is 3.07. The van der Waals surface area contributed by atoms with Crippen molar-refractivity contribution in [1.29, 1.82) is 0 Å². The van der Waals surface area contributed by atoms with Crippen molar-refractivity contribution >= 4 is 11.4 Å². The molecule has 5 unspecified atom stereocenters. The first kappa shape index (κ1) is 37.1. The molecule has 1 spiro atoms. The van der Waals surface area contributed by atoms with E-state index in [0.29, 0.717) is 23.7 Å². The van der Waals surface area contributed by atoms with Gasteiger partial charge in [0.25, 0.3) is 0 Å². The van der Waals surface area contributed by atoms with E-state index in [1.807, 2.05) is 0 Å². The van der Waals surface area contributed by atoms with Gasteiger partial charge in [0.15, 0.2) is 0 Å². The number of hydrogen-bond donors (Lipinski definition) is 0. The van der Waals surface area contributed by atoms with Crippen molar-refractivity contribution in [1.82, 2.24) is 0 Å². The van der Waals surface area contributed by atoms with Crippen LogP contribution in [0.3, 0.4) is 0 Å². The molecule has 15 rings (SSSR count). The van der Waals surface area contributed by atoms with Gasteiger partial charge in [0.2, 0.25) is 0 Å². The molecule has 1 fully saturated rings. The fourth-order valence-electron chi connectivity index (χ4n) is 14.3. The lowest BCUT2D eigenvalue weighted by molar-refractivity contribution is 0.0347. The van der Waals surface area contributed by atoms with Crippen molar-refractivity contribution in [3.63, 3.8) is 0 Å². The fraction of sp³-hybridized carbons (Fsp3) is 0.188. The molecule has 66 heavy (non-hydrogen) atoms. The molecule has 0 N–H and O–H groups in total. The summed E-state index contributed by atoms with van der Waals surface area (Å²) in [5, 5.41) is 0. The predicted octanol–water partition coefficient (Wildman–Crippen LogP) is 15.0. The summed E-state index contributed by atoms with van der Waals surface area (Å²) < 4.78 is 7.42. The maximum atomic E-state index is 7.42. The highest BCUT2D eigenvalue weighted by atomic mass is 16.5.